The van der Waals surface area contributed by atoms with Crippen LogP contribution in [-0.2, 0) is 29.9 Å². The van der Waals surface area contributed by atoms with Crippen LogP contribution in [0.1, 0.15) is 94.1 Å². The van der Waals surface area contributed by atoms with Gasteiger partial charge in [-0.1, -0.05) is 99.6 Å². The molecule has 10 nitrogen and oxygen atoms in total. The monoisotopic (exact) mass is 776 g/mol. The van der Waals surface area contributed by atoms with E-state index in [2.05, 4.69) is 41.3 Å². The second kappa shape index (κ2) is 17.4. The number of amides is 2. The van der Waals surface area contributed by atoms with Gasteiger partial charge in [-0.3, -0.25) is 14.3 Å². The molecule has 1 fully saturated rings. The van der Waals surface area contributed by atoms with Crippen LogP contribution in [0.4, 0.5) is 9.59 Å². The molecule has 0 spiro atoms. The molecular weight excluding hydrogens is 715 g/mol. The number of imide groups is 1. The molecule has 1 N–H and O–H groups in total. The van der Waals surface area contributed by atoms with Gasteiger partial charge in [0.25, 0.3) is 0 Å². The Kier molecular flexibility index (Phi) is 13.9. The first-order valence-electron chi connectivity index (χ1n) is 19.3. The number of unbranched alkanes of at least 4 members (excludes halogenated alkanes) is 1. The second-order valence-corrected chi connectivity index (χ2v) is 20.3. The lowest BCUT2D eigenvalue weighted by atomic mass is 9.74. The molecule has 0 aromatic heterocycles. The SMILES string of the molecule is CCOP1(=O)CCN(Cc2ccccc2-c2ccccc2-c2ccccc2)C(C(C)(C)C)C1(CCCCN(C(=O)OC(C)(C)C)C(=O)OC(C)(C)C)C(=O)O. The van der Waals surface area contributed by atoms with Crippen LogP contribution < -0.4 is 0 Å². The third-order valence-corrected chi connectivity index (χ3v) is 13.1. The van der Waals surface area contributed by atoms with E-state index in [1.807, 2.05) is 63.2 Å². The molecule has 3 unspecified atom stereocenters. The van der Waals surface area contributed by atoms with E-state index in [1.54, 1.807) is 48.5 Å². The van der Waals surface area contributed by atoms with Crippen LogP contribution in [0.2, 0.25) is 0 Å². The van der Waals surface area contributed by atoms with E-state index >= 15 is 4.57 Å². The highest BCUT2D eigenvalue weighted by Crippen LogP contribution is 2.67. The predicted octanol–water partition coefficient (Wildman–Crippen LogP) is 10.7. The van der Waals surface area contributed by atoms with Crippen molar-refractivity contribution in [3.8, 4) is 22.3 Å². The topological polar surface area (TPSA) is 123 Å². The van der Waals surface area contributed by atoms with E-state index in [0.29, 0.717) is 13.1 Å². The van der Waals surface area contributed by atoms with E-state index in [-0.39, 0.29) is 38.6 Å². The Morgan fingerprint density at radius 3 is 1.84 bits per heavy atom. The van der Waals surface area contributed by atoms with Crippen molar-refractivity contribution in [1.82, 2.24) is 9.80 Å². The minimum atomic E-state index is -3.82. The average Bonchev–Trinajstić information content (AvgIpc) is 3.08. The van der Waals surface area contributed by atoms with Gasteiger partial charge in [0.15, 0.2) is 5.16 Å². The zero-order chi connectivity index (χ0) is 40.8. The first-order valence-corrected chi connectivity index (χ1v) is 21.1. The zero-order valence-electron chi connectivity index (χ0n) is 34.4. The summed E-state index contributed by atoms with van der Waals surface area (Å²) in [7, 11) is -3.82. The van der Waals surface area contributed by atoms with Gasteiger partial charge in [-0.2, -0.15) is 0 Å². The van der Waals surface area contributed by atoms with E-state index < -0.39 is 53.3 Å². The number of benzene rings is 3. The molecule has 11 heteroatoms. The van der Waals surface area contributed by atoms with Gasteiger partial charge in [-0.05, 0) is 101 Å². The normalized spacial score (nSPS) is 20.8. The quantitative estimate of drug-likeness (QED) is 0.141. The van der Waals surface area contributed by atoms with Crippen LogP contribution >= 0.6 is 7.37 Å². The Morgan fingerprint density at radius 1 is 0.782 bits per heavy atom. The van der Waals surface area contributed by atoms with Crippen LogP contribution in [0.25, 0.3) is 22.3 Å². The smallest absolute Gasteiger partial charge is 0.419 e. The molecule has 0 aliphatic carbocycles. The van der Waals surface area contributed by atoms with E-state index in [4.69, 9.17) is 14.0 Å². The molecule has 0 saturated carbocycles. The van der Waals surface area contributed by atoms with Crippen molar-refractivity contribution in [2.75, 3.05) is 25.9 Å². The summed E-state index contributed by atoms with van der Waals surface area (Å²) >= 11 is 0. The fourth-order valence-corrected chi connectivity index (χ4v) is 11.3. The van der Waals surface area contributed by atoms with Crippen molar-refractivity contribution in [3.05, 3.63) is 84.4 Å². The van der Waals surface area contributed by atoms with Crippen molar-refractivity contribution >= 4 is 25.5 Å². The Hall–Kier alpha value is -3.98. The Bertz CT molecular complexity index is 1810. The summed E-state index contributed by atoms with van der Waals surface area (Å²) in [6.07, 6.45) is -1.14. The Morgan fingerprint density at radius 2 is 1.31 bits per heavy atom. The average molecular weight is 777 g/mol. The number of carboxylic acids is 1. The maximum atomic E-state index is 15.1. The second-order valence-electron chi connectivity index (χ2n) is 17.4. The van der Waals surface area contributed by atoms with Crippen LogP contribution in [-0.4, -0.2) is 81.3 Å². The molecule has 0 bridgehead atoms. The van der Waals surface area contributed by atoms with Gasteiger partial charge < -0.3 is 19.1 Å². The molecule has 300 valence electrons. The first kappa shape index (κ1) is 43.7. The number of aliphatic carboxylic acids is 1. The maximum Gasteiger partial charge on any atom is 0.419 e. The fourth-order valence-electron chi connectivity index (χ4n) is 7.86. The minimum absolute atomic E-state index is 0.00696. The lowest BCUT2D eigenvalue weighted by Gasteiger charge is -2.55. The molecule has 1 aliphatic rings. The molecule has 1 saturated heterocycles. The Labute approximate surface area is 328 Å². The van der Waals surface area contributed by atoms with Crippen molar-refractivity contribution in [2.24, 2.45) is 5.41 Å². The van der Waals surface area contributed by atoms with Gasteiger partial charge in [0.2, 0.25) is 7.37 Å². The van der Waals surface area contributed by atoms with E-state index in [0.717, 1.165) is 32.7 Å². The van der Waals surface area contributed by atoms with Crippen LogP contribution in [0, 0.1) is 5.41 Å². The lowest BCUT2D eigenvalue weighted by molar-refractivity contribution is -0.146. The predicted molar refractivity (Wildman–Crippen MR) is 218 cm³/mol. The summed E-state index contributed by atoms with van der Waals surface area (Å²) in [5, 5.41) is 9.59. The summed E-state index contributed by atoms with van der Waals surface area (Å²) in [5.74, 6) is -1.17. The van der Waals surface area contributed by atoms with Gasteiger partial charge in [-0.25, -0.2) is 14.5 Å². The molecule has 1 aliphatic heterocycles. The first-order chi connectivity index (χ1) is 25.6. The number of ether oxygens (including phenoxy) is 2. The number of carboxylic acid groups (broad SMARTS) is 1. The standard InChI is InChI=1S/C44H61N2O8P/c1-11-52-55(51)30-29-45(31-33-23-15-16-25-35(33)36-26-18-17-24-34(36)32-21-13-12-14-22-32)37(41(2,3)4)44(55,38(47)48)27-19-20-28-46(39(49)53-42(5,6)7)40(50)54-43(8,9)10/h12-18,21-26,37H,11,19-20,27-31H2,1-10H3,(H,47,48). The van der Waals surface area contributed by atoms with Crippen molar-refractivity contribution in [1.29, 1.82) is 0 Å². The van der Waals surface area contributed by atoms with Crippen LogP contribution in [0.5, 0.6) is 0 Å². The van der Waals surface area contributed by atoms with Gasteiger partial charge in [-0.15, -0.1) is 0 Å². The minimum Gasteiger partial charge on any atom is -0.480 e. The van der Waals surface area contributed by atoms with Gasteiger partial charge in [0, 0.05) is 31.8 Å². The maximum absolute atomic E-state index is 15.1. The molecule has 2 amide bonds. The Balaban J connectivity index is 1.73. The van der Waals surface area contributed by atoms with Crippen LogP contribution in [0.3, 0.4) is 0 Å². The molecule has 3 aromatic rings. The van der Waals surface area contributed by atoms with E-state index in [1.165, 1.54) is 0 Å². The fraction of sp³-hybridized carbons (Fsp3) is 0.523. The summed E-state index contributed by atoms with van der Waals surface area (Å²) in [5.41, 5.74) is 2.95. The van der Waals surface area contributed by atoms with Crippen molar-refractivity contribution in [3.63, 3.8) is 0 Å². The van der Waals surface area contributed by atoms with Gasteiger partial charge in [0.1, 0.15) is 11.2 Å². The number of hydrogen-bond acceptors (Lipinski definition) is 8. The summed E-state index contributed by atoms with van der Waals surface area (Å²) in [6, 6.07) is 26.0. The molecule has 3 aromatic carbocycles. The molecule has 1 heterocycles. The number of nitrogens with zero attached hydrogens (tertiary/aromatic N) is 2. The van der Waals surface area contributed by atoms with Crippen molar-refractivity contribution < 1.29 is 38.1 Å². The highest BCUT2D eigenvalue weighted by molar-refractivity contribution is 7.62. The zero-order valence-corrected chi connectivity index (χ0v) is 35.3. The number of carbonyl (C=O) groups is 3. The lowest BCUT2D eigenvalue weighted by Crippen LogP contribution is -2.66. The van der Waals surface area contributed by atoms with Gasteiger partial charge >= 0.3 is 18.2 Å². The highest BCUT2D eigenvalue weighted by atomic mass is 31.2. The third kappa shape index (κ3) is 10.5. The van der Waals surface area contributed by atoms with Crippen molar-refractivity contribution in [2.45, 2.75) is 117 Å². The third-order valence-electron chi connectivity index (χ3n) is 9.75. The molecule has 0 radical (unpaired) electrons. The highest BCUT2D eigenvalue weighted by Gasteiger charge is 2.66. The largest absolute Gasteiger partial charge is 0.480 e. The number of hydrogen-bond donors (Lipinski definition) is 1. The summed E-state index contributed by atoms with van der Waals surface area (Å²) < 4.78 is 32.3. The molecule has 55 heavy (non-hydrogen) atoms. The summed E-state index contributed by atoms with van der Waals surface area (Å²) in [4.78, 5) is 43.5. The van der Waals surface area contributed by atoms with E-state index in [9.17, 15) is 19.5 Å². The molecular formula is C44H61N2O8P. The number of rotatable bonds is 12. The molecule has 3 atom stereocenters. The number of carbonyl (C=O) groups excluding carboxylic acids is 2. The van der Waals surface area contributed by atoms with Gasteiger partial charge in [0.05, 0.1) is 6.61 Å². The molecule has 4 rings (SSSR count). The van der Waals surface area contributed by atoms with Crippen LogP contribution in [0.15, 0.2) is 78.9 Å². The summed E-state index contributed by atoms with van der Waals surface area (Å²) in [6.45, 7) is 18.8.